The van der Waals surface area contributed by atoms with Gasteiger partial charge in [-0.2, -0.15) is 0 Å². The molecule has 116 valence electrons. The number of aliphatic carboxylic acids is 1. The number of rotatable bonds is 7. The Morgan fingerprint density at radius 2 is 1.59 bits per heavy atom. The number of carboxylic acid groups (broad SMARTS) is 1. The summed E-state index contributed by atoms with van der Waals surface area (Å²) in [6.45, 7) is 4.96. The SMILES string of the molecule is CC(C)(CCNCc1ccc(-c2ccccc2)cc1)C(=O)O. The fraction of sp³-hybridized carbons (Fsp3) is 0.316. The number of nitrogens with one attached hydrogen (secondary N) is 1. The van der Waals surface area contributed by atoms with Crippen molar-refractivity contribution in [3.8, 4) is 11.1 Å². The zero-order chi connectivity index (χ0) is 16.0. The summed E-state index contributed by atoms with van der Waals surface area (Å²) in [4.78, 5) is 11.0. The molecule has 0 aliphatic rings. The van der Waals surface area contributed by atoms with Crippen LogP contribution in [-0.4, -0.2) is 17.6 Å². The number of hydrogen-bond acceptors (Lipinski definition) is 2. The molecule has 0 unspecified atom stereocenters. The molecule has 0 radical (unpaired) electrons. The third kappa shape index (κ3) is 4.43. The van der Waals surface area contributed by atoms with Gasteiger partial charge in [-0.1, -0.05) is 54.6 Å². The van der Waals surface area contributed by atoms with Crippen molar-refractivity contribution >= 4 is 5.97 Å². The van der Waals surface area contributed by atoms with Gasteiger partial charge in [0.25, 0.3) is 0 Å². The average molecular weight is 297 g/mol. The van der Waals surface area contributed by atoms with Gasteiger partial charge in [0.2, 0.25) is 0 Å². The highest BCUT2D eigenvalue weighted by molar-refractivity contribution is 5.73. The highest BCUT2D eigenvalue weighted by Crippen LogP contribution is 2.20. The quantitative estimate of drug-likeness (QED) is 0.761. The van der Waals surface area contributed by atoms with E-state index < -0.39 is 11.4 Å². The molecule has 3 nitrogen and oxygen atoms in total. The van der Waals surface area contributed by atoms with E-state index in [4.69, 9.17) is 5.11 Å². The smallest absolute Gasteiger partial charge is 0.309 e. The summed E-state index contributed by atoms with van der Waals surface area (Å²) in [5.74, 6) is -0.749. The zero-order valence-corrected chi connectivity index (χ0v) is 13.2. The minimum absolute atomic E-state index is 0.616. The van der Waals surface area contributed by atoms with Crippen LogP contribution in [0.15, 0.2) is 54.6 Å². The van der Waals surface area contributed by atoms with Crippen molar-refractivity contribution in [2.24, 2.45) is 5.41 Å². The van der Waals surface area contributed by atoms with Crippen LogP contribution in [0.4, 0.5) is 0 Å². The second-order valence-electron chi connectivity index (χ2n) is 6.18. The molecule has 0 aromatic heterocycles. The van der Waals surface area contributed by atoms with Gasteiger partial charge in [0.1, 0.15) is 0 Å². The van der Waals surface area contributed by atoms with Gasteiger partial charge in [0.05, 0.1) is 5.41 Å². The van der Waals surface area contributed by atoms with Gasteiger partial charge in [-0.15, -0.1) is 0 Å². The Morgan fingerprint density at radius 1 is 1.00 bits per heavy atom. The largest absolute Gasteiger partial charge is 0.481 e. The Kier molecular flexibility index (Phi) is 5.34. The van der Waals surface area contributed by atoms with E-state index in [1.807, 2.05) is 18.2 Å². The summed E-state index contributed by atoms with van der Waals surface area (Å²) in [6.07, 6.45) is 0.616. The van der Waals surface area contributed by atoms with Crippen LogP contribution in [0.1, 0.15) is 25.8 Å². The van der Waals surface area contributed by atoms with Crippen LogP contribution >= 0.6 is 0 Å². The van der Waals surface area contributed by atoms with Crippen LogP contribution in [0.2, 0.25) is 0 Å². The summed E-state index contributed by atoms with van der Waals surface area (Å²) >= 11 is 0. The topological polar surface area (TPSA) is 49.3 Å². The highest BCUT2D eigenvalue weighted by Gasteiger charge is 2.25. The van der Waals surface area contributed by atoms with E-state index in [0.717, 1.165) is 6.54 Å². The molecule has 0 fully saturated rings. The van der Waals surface area contributed by atoms with Crippen molar-refractivity contribution < 1.29 is 9.90 Å². The molecular weight excluding hydrogens is 274 g/mol. The molecule has 2 aromatic carbocycles. The Hall–Kier alpha value is -2.13. The molecule has 2 N–H and O–H groups in total. The third-order valence-electron chi connectivity index (χ3n) is 3.90. The van der Waals surface area contributed by atoms with Crippen LogP contribution in [0.5, 0.6) is 0 Å². The van der Waals surface area contributed by atoms with Crippen LogP contribution in [0, 0.1) is 5.41 Å². The molecule has 0 aliphatic carbocycles. The van der Waals surface area contributed by atoms with E-state index in [9.17, 15) is 4.79 Å². The summed E-state index contributed by atoms with van der Waals surface area (Å²) in [5.41, 5.74) is 2.94. The third-order valence-corrected chi connectivity index (χ3v) is 3.90. The van der Waals surface area contributed by atoms with Gasteiger partial charge in [0.15, 0.2) is 0 Å². The lowest BCUT2D eigenvalue weighted by molar-refractivity contribution is -0.147. The van der Waals surface area contributed by atoms with Gasteiger partial charge in [0, 0.05) is 6.54 Å². The van der Waals surface area contributed by atoms with Crippen LogP contribution in [-0.2, 0) is 11.3 Å². The summed E-state index contributed by atoms with van der Waals surface area (Å²) in [5, 5.41) is 12.4. The van der Waals surface area contributed by atoms with Crippen molar-refractivity contribution in [2.75, 3.05) is 6.54 Å². The van der Waals surface area contributed by atoms with E-state index in [1.165, 1.54) is 16.7 Å². The number of hydrogen-bond donors (Lipinski definition) is 2. The molecule has 0 amide bonds. The van der Waals surface area contributed by atoms with Gasteiger partial charge in [-0.3, -0.25) is 4.79 Å². The second kappa shape index (κ2) is 7.23. The summed E-state index contributed by atoms with van der Waals surface area (Å²) in [7, 11) is 0. The molecule has 0 atom stereocenters. The molecule has 0 aliphatic heterocycles. The summed E-state index contributed by atoms with van der Waals surface area (Å²) < 4.78 is 0. The Bertz CT molecular complexity index is 603. The monoisotopic (exact) mass is 297 g/mol. The predicted octanol–water partition coefficient (Wildman–Crippen LogP) is 3.94. The molecule has 0 bridgehead atoms. The molecule has 0 spiro atoms. The van der Waals surface area contributed by atoms with Crippen molar-refractivity contribution in [2.45, 2.75) is 26.8 Å². The predicted molar refractivity (Wildman–Crippen MR) is 89.6 cm³/mol. The number of carboxylic acids is 1. The minimum Gasteiger partial charge on any atom is -0.481 e. The maximum atomic E-state index is 11.0. The maximum absolute atomic E-state index is 11.0. The lowest BCUT2D eigenvalue weighted by Gasteiger charge is -2.19. The van der Waals surface area contributed by atoms with Crippen molar-refractivity contribution in [1.29, 1.82) is 0 Å². The molecule has 2 rings (SSSR count). The lowest BCUT2D eigenvalue weighted by atomic mass is 9.90. The Labute approximate surface area is 132 Å². The number of carbonyl (C=O) groups is 1. The van der Waals surface area contributed by atoms with E-state index in [0.29, 0.717) is 13.0 Å². The van der Waals surface area contributed by atoms with Gasteiger partial charge in [-0.05, 0) is 43.5 Å². The van der Waals surface area contributed by atoms with Gasteiger partial charge in [-0.25, -0.2) is 0 Å². The average Bonchev–Trinajstić information content (AvgIpc) is 2.53. The molecule has 3 heteroatoms. The molecular formula is C19H23NO2. The molecule has 0 saturated carbocycles. The first-order valence-electron chi connectivity index (χ1n) is 7.57. The zero-order valence-electron chi connectivity index (χ0n) is 13.2. The fourth-order valence-electron chi connectivity index (χ4n) is 2.19. The van der Waals surface area contributed by atoms with Crippen molar-refractivity contribution in [3.63, 3.8) is 0 Å². The van der Waals surface area contributed by atoms with Crippen molar-refractivity contribution in [3.05, 3.63) is 60.2 Å². The molecule has 0 heterocycles. The van der Waals surface area contributed by atoms with Gasteiger partial charge < -0.3 is 10.4 Å². The van der Waals surface area contributed by atoms with Crippen molar-refractivity contribution in [1.82, 2.24) is 5.32 Å². The van der Waals surface area contributed by atoms with Crippen LogP contribution in [0.3, 0.4) is 0 Å². The molecule has 22 heavy (non-hydrogen) atoms. The first kappa shape index (κ1) is 16.2. The fourth-order valence-corrected chi connectivity index (χ4v) is 2.19. The van der Waals surface area contributed by atoms with Crippen LogP contribution < -0.4 is 5.32 Å². The molecule has 2 aromatic rings. The van der Waals surface area contributed by atoms with E-state index in [2.05, 4.69) is 41.7 Å². The molecule has 0 saturated heterocycles. The standard InChI is InChI=1S/C19H23NO2/c1-19(2,18(21)22)12-13-20-14-15-8-10-17(11-9-15)16-6-4-3-5-7-16/h3-11,20H,12-14H2,1-2H3,(H,21,22). The Balaban J connectivity index is 1.84. The summed E-state index contributed by atoms with van der Waals surface area (Å²) in [6, 6.07) is 18.7. The van der Waals surface area contributed by atoms with Gasteiger partial charge >= 0.3 is 5.97 Å². The highest BCUT2D eigenvalue weighted by atomic mass is 16.4. The number of benzene rings is 2. The van der Waals surface area contributed by atoms with E-state index in [-0.39, 0.29) is 0 Å². The van der Waals surface area contributed by atoms with E-state index >= 15 is 0 Å². The minimum atomic E-state index is -0.749. The maximum Gasteiger partial charge on any atom is 0.309 e. The first-order chi connectivity index (χ1) is 10.5. The van der Waals surface area contributed by atoms with E-state index in [1.54, 1.807) is 13.8 Å². The normalized spacial score (nSPS) is 11.4. The second-order valence-corrected chi connectivity index (χ2v) is 6.18. The lowest BCUT2D eigenvalue weighted by Crippen LogP contribution is -2.28. The Morgan fingerprint density at radius 3 is 2.18 bits per heavy atom. The van der Waals surface area contributed by atoms with Crippen LogP contribution in [0.25, 0.3) is 11.1 Å². The first-order valence-corrected chi connectivity index (χ1v) is 7.57.